The Kier molecular flexibility index (Phi) is 3.95. The van der Waals surface area contributed by atoms with Crippen LogP contribution in [0.1, 0.15) is 36.7 Å². The van der Waals surface area contributed by atoms with E-state index in [-0.39, 0.29) is 0 Å². The first-order valence-electron chi connectivity index (χ1n) is 6.28. The molecule has 1 aromatic heterocycles. The zero-order valence-corrected chi connectivity index (χ0v) is 12.3. The Hall–Kier alpha value is -1.68. The van der Waals surface area contributed by atoms with Crippen molar-refractivity contribution in [1.82, 2.24) is 4.98 Å². The Bertz CT molecular complexity index is 665. The highest BCUT2D eigenvalue weighted by Crippen LogP contribution is 2.33. The number of esters is 1. The number of hydrogen-bond donors (Lipinski definition) is 0. The standard InChI is InChI=1S/C15H15ClFNO2/c1-4-20-14(19)10-5-9-6-12(16)11(15(2,3)17)7-13(9)18-8-10/h5-8H,4H2,1-3H3. The molecule has 0 atom stereocenters. The van der Waals surface area contributed by atoms with Crippen molar-refractivity contribution in [3.05, 3.63) is 40.5 Å². The van der Waals surface area contributed by atoms with Crippen molar-refractivity contribution in [1.29, 1.82) is 0 Å². The Balaban J connectivity index is 2.53. The van der Waals surface area contributed by atoms with Gasteiger partial charge in [0.2, 0.25) is 0 Å². The van der Waals surface area contributed by atoms with Gasteiger partial charge < -0.3 is 4.74 Å². The van der Waals surface area contributed by atoms with Crippen molar-refractivity contribution in [2.75, 3.05) is 6.61 Å². The van der Waals surface area contributed by atoms with Crippen molar-refractivity contribution in [3.63, 3.8) is 0 Å². The van der Waals surface area contributed by atoms with Crippen LogP contribution in [0.15, 0.2) is 24.4 Å². The zero-order chi connectivity index (χ0) is 14.9. The van der Waals surface area contributed by atoms with E-state index in [1.807, 2.05) is 0 Å². The first-order chi connectivity index (χ1) is 9.32. The maximum Gasteiger partial charge on any atom is 0.339 e. The molecule has 106 valence electrons. The molecule has 1 aromatic carbocycles. The summed E-state index contributed by atoms with van der Waals surface area (Å²) in [6.07, 6.45) is 1.42. The summed E-state index contributed by atoms with van der Waals surface area (Å²) in [4.78, 5) is 15.8. The molecule has 0 saturated heterocycles. The van der Waals surface area contributed by atoms with Gasteiger partial charge in [-0.25, -0.2) is 9.18 Å². The van der Waals surface area contributed by atoms with Crippen LogP contribution in [0.2, 0.25) is 5.02 Å². The topological polar surface area (TPSA) is 39.2 Å². The minimum atomic E-state index is -1.55. The summed E-state index contributed by atoms with van der Waals surface area (Å²) >= 11 is 6.10. The second-order valence-electron chi connectivity index (χ2n) is 4.94. The zero-order valence-electron chi connectivity index (χ0n) is 11.5. The number of carbonyl (C=O) groups excluding carboxylic acids is 1. The highest BCUT2D eigenvalue weighted by atomic mass is 35.5. The molecule has 0 aliphatic carbocycles. The number of hydrogen-bond acceptors (Lipinski definition) is 3. The first kappa shape index (κ1) is 14.7. The fourth-order valence-corrected chi connectivity index (χ4v) is 2.33. The number of carbonyl (C=O) groups is 1. The van der Waals surface area contributed by atoms with Gasteiger partial charge in [0.15, 0.2) is 0 Å². The van der Waals surface area contributed by atoms with Crippen molar-refractivity contribution in [2.24, 2.45) is 0 Å². The molecule has 5 heteroatoms. The molecule has 0 unspecified atom stereocenters. The highest BCUT2D eigenvalue weighted by molar-refractivity contribution is 6.32. The average molecular weight is 296 g/mol. The number of nitrogens with zero attached hydrogens (tertiary/aromatic N) is 1. The van der Waals surface area contributed by atoms with Crippen LogP contribution in [-0.4, -0.2) is 17.6 Å². The van der Waals surface area contributed by atoms with E-state index in [1.54, 1.807) is 25.1 Å². The SMILES string of the molecule is CCOC(=O)c1cnc2cc(C(C)(C)F)c(Cl)cc2c1. The second-order valence-corrected chi connectivity index (χ2v) is 5.35. The van der Waals surface area contributed by atoms with Gasteiger partial charge in [-0.2, -0.15) is 0 Å². The summed E-state index contributed by atoms with van der Waals surface area (Å²) in [6.45, 7) is 4.91. The molecule has 0 amide bonds. The monoisotopic (exact) mass is 295 g/mol. The molecule has 0 radical (unpaired) electrons. The van der Waals surface area contributed by atoms with Gasteiger partial charge in [0.1, 0.15) is 5.67 Å². The van der Waals surface area contributed by atoms with Crippen molar-refractivity contribution in [3.8, 4) is 0 Å². The van der Waals surface area contributed by atoms with Crippen molar-refractivity contribution >= 4 is 28.5 Å². The van der Waals surface area contributed by atoms with E-state index < -0.39 is 11.6 Å². The first-order valence-corrected chi connectivity index (χ1v) is 6.66. The van der Waals surface area contributed by atoms with E-state index in [4.69, 9.17) is 16.3 Å². The summed E-state index contributed by atoms with van der Waals surface area (Å²) in [5.74, 6) is -0.437. The lowest BCUT2D eigenvalue weighted by Crippen LogP contribution is -2.10. The molecule has 0 spiro atoms. The second kappa shape index (κ2) is 5.37. The third kappa shape index (κ3) is 2.90. The van der Waals surface area contributed by atoms with Crippen LogP contribution in [0.5, 0.6) is 0 Å². The minimum Gasteiger partial charge on any atom is -0.462 e. The van der Waals surface area contributed by atoms with E-state index >= 15 is 0 Å². The molecule has 2 aromatic rings. The molecule has 0 bridgehead atoms. The quantitative estimate of drug-likeness (QED) is 0.794. The number of benzene rings is 1. The molecule has 0 aliphatic heterocycles. The van der Waals surface area contributed by atoms with Gasteiger partial charge in [-0.3, -0.25) is 4.98 Å². The van der Waals surface area contributed by atoms with Crippen LogP contribution in [0, 0.1) is 0 Å². The summed E-state index contributed by atoms with van der Waals surface area (Å²) in [6, 6.07) is 4.86. The fourth-order valence-electron chi connectivity index (χ4n) is 1.93. The van der Waals surface area contributed by atoms with Gasteiger partial charge >= 0.3 is 5.97 Å². The fraction of sp³-hybridized carbons (Fsp3) is 0.333. The van der Waals surface area contributed by atoms with Gasteiger partial charge in [-0.15, -0.1) is 0 Å². The van der Waals surface area contributed by atoms with E-state index in [9.17, 15) is 9.18 Å². The lowest BCUT2D eigenvalue weighted by atomic mass is 9.98. The molecule has 0 fully saturated rings. The normalized spacial score (nSPS) is 11.7. The number of fused-ring (bicyclic) bond motifs is 1. The van der Waals surface area contributed by atoms with Crippen LogP contribution in [0.4, 0.5) is 4.39 Å². The van der Waals surface area contributed by atoms with Crippen LogP contribution in [0.3, 0.4) is 0 Å². The average Bonchev–Trinajstić information content (AvgIpc) is 2.36. The van der Waals surface area contributed by atoms with E-state index in [2.05, 4.69) is 4.98 Å². The van der Waals surface area contributed by atoms with Crippen LogP contribution in [-0.2, 0) is 10.4 Å². The Morgan fingerprint density at radius 1 is 1.40 bits per heavy atom. The molecule has 20 heavy (non-hydrogen) atoms. The molecule has 0 aliphatic rings. The molecular formula is C15H15ClFNO2. The summed E-state index contributed by atoms with van der Waals surface area (Å²) in [5, 5.41) is 0.987. The van der Waals surface area contributed by atoms with E-state index in [0.29, 0.717) is 33.7 Å². The van der Waals surface area contributed by atoms with Crippen molar-refractivity contribution < 1.29 is 13.9 Å². The minimum absolute atomic E-state index is 0.298. The van der Waals surface area contributed by atoms with E-state index in [1.165, 1.54) is 20.0 Å². The van der Waals surface area contributed by atoms with Gasteiger partial charge in [0.05, 0.1) is 17.7 Å². The molecular weight excluding hydrogens is 281 g/mol. The lowest BCUT2D eigenvalue weighted by molar-refractivity contribution is 0.0526. The Morgan fingerprint density at radius 2 is 2.10 bits per heavy atom. The number of alkyl halides is 1. The predicted octanol–water partition coefficient (Wildman–Crippen LogP) is 4.27. The summed E-state index contributed by atoms with van der Waals surface area (Å²) < 4.78 is 18.9. The third-order valence-electron chi connectivity index (χ3n) is 2.92. The molecule has 0 saturated carbocycles. The van der Waals surface area contributed by atoms with Gasteiger partial charge in [0, 0.05) is 22.2 Å². The largest absolute Gasteiger partial charge is 0.462 e. The van der Waals surface area contributed by atoms with Gasteiger partial charge in [-0.1, -0.05) is 11.6 Å². The molecule has 1 heterocycles. The lowest BCUT2D eigenvalue weighted by Gasteiger charge is -2.17. The highest BCUT2D eigenvalue weighted by Gasteiger charge is 2.23. The maximum absolute atomic E-state index is 14.0. The number of ether oxygens (including phenoxy) is 1. The summed E-state index contributed by atoms with van der Waals surface area (Å²) in [7, 11) is 0. The predicted molar refractivity (Wildman–Crippen MR) is 76.8 cm³/mol. The number of pyridine rings is 1. The number of aromatic nitrogens is 1. The smallest absolute Gasteiger partial charge is 0.339 e. The van der Waals surface area contributed by atoms with Gasteiger partial charge in [0.25, 0.3) is 0 Å². The molecule has 0 N–H and O–H groups in total. The van der Waals surface area contributed by atoms with Crippen LogP contribution >= 0.6 is 11.6 Å². The van der Waals surface area contributed by atoms with Crippen molar-refractivity contribution in [2.45, 2.75) is 26.4 Å². The Morgan fingerprint density at radius 3 is 2.70 bits per heavy atom. The third-order valence-corrected chi connectivity index (χ3v) is 3.23. The molecule has 3 nitrogen and oxygen atoms in total. The molecule has 2 rings (SSSR count). The number of rotatable bonds is 3. The van der Waals surface area contributed by atoms with Crippen LogP contribution < -0.4 is 0 Å². The Labute approximate surface area is 121 Å². The van der Waals surface area contributed by atoms with Gasteiger partial charge in [-0.05, 0) is 39.0 Å². The maximum atomic E-state index is 14.0. The number of halogens is 2. The summed E-state index contributed by atoms with van der Waals surface area (Å²) in [5.41, 5.74) is -0.235. The van der Waals surface area contributed by atoms with E-state index in [0.717, 1.165) is 0 Å². The van der Waals surface area contributed by atoms with Crippen LogP contribution in [0.25, 0.3) is 10.9 Å².